The zero-order valence-corrected chi connectivity index (χ0v) is 7.18. The summed E-state index contributed by atoms with van der Waals surface area (Å²) >= 11 is 0. The zero-order chi connectivity index (χ0) is 0. The Labute approximate surface area is 70.1 Å². The molecule has 0 spiro atoms. The van der Waals surface area contributed by atoms with Crippen LogP contribution in [0.1, 0.15) is 0 Å². The van der Waals surface area contributed by atoms with Crippen LogP contribution in [0.4, 0.5) is 0 Å². The Morgan fingerprint density at radius 3 is 1.00 bits per heavy atom. The summed E-state index contributed by atoms with van der Waals surface area (Å²) in [6.07, 6.45) is 0. The van der Waals surface area contributed by atoms with Crippen molar-refractivity contribution in [3.8, 4) is 0 Å². The molecule has 0 amide bonds. The summed E-state index contributed by atoms with van der Waals surface area (Å²) < 4.78 is 0. The summed E-state index contributed by atoms with van der Waals surface area (Å²) in [6.45, 7) is 0. The van der Waals surface area contributed by atoms with Crippen molar-refractivity contribution < 1.29 is 50.9 Å². The number of hydrogen-bond acceptors (Lipinski definition) is 0. The molecule has 0 nitrogen and oxygen atoms in total. The Balaban J connectivity index is 0. The van der Waals surface area contributed by atoms with Crippen LogP contribution in [-0.4, -0.2) is 19.8 Å². The third-order valence-electron chi connectivity index (χ3n) is 0. The molecule has 0 saturated heterocycles. The van der Waals surface area contributed by atoms with Gasteiger partial charge in [-0.1, -0.05) is 0 Å². The molecule has 30 valence electrons. The summed E-state index contributed by atoms with van der Waals surface area (Å²) in [7, 11) is 0. The van der Waals surface area contributed by atoms with Gasteiger partial charge in [0.05, 0.1) is 0 Å². The topological polar surface area (TPSA) is 0 Å². The molecular formula is CoCuGaMn. The molecule has 0 bridgehead atoms. The Morgan fingerprint density at radius 1 is 1.00 bits per heavy atom. The molecule has 0 aliphatic carbocycles. The molecule has 0 fully saturated rings. The van der Waals surface area contributed by atoms with Crippen LogP contribution in [0.2, 0.25) is 0 Å². The van der Waals surface area contributed by atoms with E-state index in [9.17, 15) is 0 Å². The second kappa shape index (κ2) is 19.0. The van der Waals surface area contributed by atoms with Crippen molar-refractivity contribution in [1.82, 2.24) is 0 Å². The summed E-state index contributed by atoms with van der Waals surface area (Å²) in [5, 5.41) is 0. The summed E-state index contributed by atoms with van der Waals surface area (Å²) in [5.74, 6) is 0. The van der Waals surface area contributed by atoms with E-state index in [0.29, 0.717) is 0 Å². The van der Waals surface area contributed by atoms with Crippen molar-refractivity contribution in [2.75, 3.05) is 0 Å². The van der Waals surface area contributed by atoms with Gasteiger partial charge in [-0.05, 0) is 0 Å². The molecule has 6 radical (unpaired) electrons. The monoisotopic (exact) mass is 246 g/mol. The van der Waals surface area contributed by atoms with Gasteiger partial charge in [0.2, 0.25) is 0 Å². The average Bonchev–Trinajstić information content (AvgIpc) is 0. The molecule has 0 saturated carbocycles. The van der Waals surface area contributed by atoms with Crippen molar-refractivity contribution in [2.24, 2.45) is 0 Å². The fraction of sp³-hybridized carbons (Fsp3) is 0. The van der Waals surface area contributed by atoms with Crippen molar-refractivity contribution in [3.05, 3.63) is 0 Å². The quantitative estimate of drug-likeness (QED) is 0.511. The van der Waals surface area contributed by atoms with E-state index < -0.39 is 0 Å². The Bertz CT molecular complexity index is 8.00. The molecule has 0 aliphatic rings. The summed E-state index contributed by atoms with van der Waals surface area (Å²) in [5.41, 5.74) is 0. The molecule has 4 heavy (non-hydrogen) atoms. The average molecular weight is 247 g/mol. The molecule has 0 atom stereocenters. The molecule has 0 aliphatic heterocycles. The molecule has 0 N–H and O–H groups in total. The van der Waals surface area contributed by atoms with E-state index in [-0.39, 0.29) is 70.7 Å². The standard InChI is InChI=1S/Co.Cu.Ga.Mn. The van der Waals surface area contributed by atoms with Gasteiger partial charge >= 0.3 is 0 Å². The van der Waals surface area contributed by atoms with Crippen LogP contribution in [-0.2, 0) is 50.9 Å². The van der Waals surface area contributed by atoms with Gasteiger partial charge in [-0.25, -0.2) is 0 Å². The van der Waals surface area contributed by atoms with E-state index >= 15 is 0 Å². The van der Waals surface area contributed by atoms with Crippen molar-refractivity contribution >= 4 is 19.8 Å². The van der Waals surface area contributed by atoms with Gasteiger partial charge in [0, 0.05) is 70.7 Å². The fourth-order valence-electron chi connectivity index (χ4n) is 0. The Morgan fingerprint density at radius 2 is 1.00 bits per heavy atom. The van der Waals surface area contributed by atoms with Gasteiger partial charge in [-0.3, -0.25) is 0 Å². The van der Waals surface area contributed by atoms with E-state index in [1.165, 1.54) is 0 Å². The van der Waals surface area contributed by atoms with Crippen LogP contribution >= 0.6 is 0 Å². The minimum atomic E-state index is 0. The number of hydrogen-bond donors (Lipinski definition) is 0. The van der Waals surface area contributed by atoms with Gasteiger partial charge in [0.15, 0.2) is 0 Å². The molecule has 0 heterocycles. The van der Waals surface area contributed by atoms with Gasteiger partial charge < -0.3 is 0 Å². The Hall–Kier alpha value is 2.18. The van der Waals surface area contributed by atoms with Crippen LogP contribution < -0.4 is 0 Å². The first kappa shape index (κ1) is 34.9. The SMILES string of the molecule is [Co].[Cu].[Ga].[Mn]. The first-order valence-electron chi connectivity index (χ1n) is 0. The van der Waals surface area contributed by atoms with Gasteiger partial charge in [-0.15, -0.1) is 0 Å². The van der Waals surface area contributed by atoms with Crippen LogP contribution in [0.25, 0.3) is 0 Å². The molecule has 0 aromatic heterocycles. The van der Waals surface area contributed by atoms with Gasteiger partial charge in [-0.2, -0.15) is 0 Å². The van der Waals surface area contributed by atoms with Gasteiger partial charge in [0.25, 0.3) is 0 Å². The molecule has 0 rings (SSSR count). The molecular weight excluding hydrogens is 247 g/mol. The third-order valence-corrected chi connectivity index (χ3v) is 0. The predicted molar refractivity (Wildman–Crippen MR) is 5.75 cm³/mol. The minimum absolute atomic E-state index is 0. The van der Waals surface area contributed by atoms with Gasteiger partial charge in [0.1, 0.15) is 0 Å². The predicted octanol–water partition coefficient (Wildman–Crippen LogP) is -0.388. The van der Waals surface area contributed by atoms with Crippen molar-refractivity contribution in [3.63, 3.8) is 0 Å². The summed E-state index contributed by atoms with van der Waals surface area (Å²) in [6, 6.07) is 0. The van der Waals surface area contributed by atoms with Crippen molar-refractivity contribution in [2.45, 2.75) is 0 Å². The first-order chi connectivity index (χ1) is 0. The molecule has 0 unspecified atom stereocenters. The van der Waals surface area contributed by atoms with Crippen molar-refractivity contribution in [1.29, 1.82) is 0 Å². The third kappa shape index (κ3) is 8.89. The molecule has 0 aromatic rings. The molecule has 4 heteroatoms. The minimum Gasteiger partial charge on any atom is 0 e. The van der Waals surface area contributed by atoms with E-state index in [1.807, 2.05) is 0 Å². The smallest absolute Gasteiger partial charge is 0 e. The zero-order valence-electron chi connectivity index (χ0n) is 1.59. The first-order valence-corrected chi connectivity index (χ1v) is 0. The van der Waals surface area contributed by atoms with Crippen LogP contribution in [0.15, 0.2) is 0 Å². The second-order valence-corrected chi connectivity index (χ2v) is 0. The normalized spacial score (nSPS) is 0. The second-order valence-electron chi connectivity index (χ2n) is 0. The maximum absolute atomic E-state index is 0. The van der Waals surface area contributed by atoms with E-state index in [4.69, 9.17) is 0 Å². The number of rotatable bonds is 0. The van der Waals surface area contributed by atoms with Crippen LogP contribution in [0.5, 0.6) is 0 Å². The molecule has 0 aromatic carbocycles. The maximum atomic E-state index is 0. The van der Waals surface area contributed by atoms with Crippen LogP contribution in [0.3, 0.4) is 0 Å². The maximum Gasteiger partial charge on any atom is 0 e. The van der Waals surface area contributed by atoms with E-state index in [1.54, 1.807) is 0 Å². The Kier molecular flexibility index (Phi) is 166. The van der Waals surface area contributed by atoms with E-state index in [2.05, 4.69) is 0 Å². The summed E-state index contributed by atoms with van der Waals surface area (Å²) in [4.78, 5) is 0. The fourth-order valence-corrected chi connectivity index (χ4v) is 0. The van der Waals surface area contributed by atoms with Crippen LogP contribution in [0, 0.1) is 0 Å². The van der Waals surface area contributed by atoms with E-state index in [0.717, 1.165) is 0 Å². The largest absolute Gasteiger partial charge is 0 e.